The van der Waals surface area contributed by atoms with Gasteiger partial charge in [0.2, 0.25) is 5.91 Å². The largest absolute Gasteiger partial charge is 0.369 e. The lowest BCUT2D eigenvalue weighted by molar-refractivity contribution is -0.138. The van der Waals surface area contributed by atoms with Crippen LogP contribution in [0.1, 0.15) is 46.7 Å². The summed E-state index contributed by atoms with van der Waals surface area (Å²) < 4.78 is 0.509. The quantitative estimate of drug-likeness (QED) is 0.530. The van der Waals surface area contributed by atoms with Crippen molar-refractivity contribution in [1.82, 2.24) is 20.4 Å². The number of benzene rings is 1. The molecule has 3 saturated heterocycles. The van der Waals surface area contributed by atoms with Crippen LogP contribution in [-0.4, -0.2) is 90.7 Å². The van der Waals surface area contributed by atoms with Gasteiger partial charge in [0.25, 0.3) is 11.8 Å². The van der Waals surface area contributed by atoms with Gasteiger partial charge in [-0.1, -0.05) is 25.4 Å². The van der Waals surface area contributed by atoms with E-state index >= 15 is 0 Å². The van der Waals surface area contributed by atoms with Gasteiger partial charge in [0, 0.05) is 44.0 Å². The highest BCUT2D eigenvalue weighted by atomic mass is 35.5. The van der Waals surface area contributed by atoms with E-state index in [9.17, 15) is 19.2 Å². The number of hydrogen-bond acceptors (Lipinski definition) is 7. The normalized spacial score (nSPS) is 21.8. The summed E-state index contributed by atoms with van der Waals surface area (Å²) in [6.45, 7) is 8.00. The van der Waals surface area contributed by atoms with Crippen LogP contribution in [0.5, 0.6) is 0 Å². The second kappa shape index (κ2) is 11.7. The molecule has 208 valence electrons. The van der Waals surface area contributed by atoms with E-state index in [2.05, 4.69) is 15.5 Å². The summed E-state index contributed by atoms with van der Waals surface area (Å²) >= 11 is 7.19. The minimum Gasteiger partial charge on any atom is -0.369 e. The van der Waals surface area contributed by atoms with Crippen LogP contribution in [-0.2, 0) is 9.59 Å². The van der Waals surface area contributed by atoms with Gasteiger partial charge in [-0.2, -0.15) is 0 Å². The molecule has 1 aromatic carbocycles. The van der Waals surface area contributed by atoms with Crippen molar-refractivity contribution in [1.29, 1.82) is 0 Å². The smallest absolute Gasteiger partial charge is 0.264 e. The fourth-order valence-corrected chi connectivity index (χ4v) is 6.79. The number of Topliss-reactive ketones (excluding diaryl/α,β-unsaturated/α-hetero) is 1. The Labute approximate surface area is 237 Å². The highest BCUT2D eigenvalue weighted by Crippen LogP contribution is 2.33. The maximum absolute atomic E-state index is 13.8. The first-order valence-electron chi connectivity index (χ1n) is 13.5. The molecule has 39 heavy (non-hydrogen) atoms. The van der Waals surface area contributed by atoms with Crippen LogP contribution in [0.15, 0.2) is 36.4 Å². The maximum Gasteiger partial charge on any atom is 0.264 e. The summed E-state index contributed by atoms with van der Waals surface area (Å²) in [5, 5.41) is 6.27. The Morgan fingerprint density at radius 1 is 1.05 bits per heavy atom. The fraction of sp³-hybridized carbons (Fsp3) is 0.500. The number of rotatable bonds is 7. The molecule has 3 fully saturated rings. The van der Waals surface area contributed by atoms with Crippen molar-refractivity contribution < 1.29 is 19.2 Å². The van der Waals surface area contributed by atoms with Crippen LogP contribution in [0.3, 0.4) is 0 Å². The van der Waals surface area contributed by atoms with Crippen molar-refractivity contribution in [2.45, 2.75) is 44.8 Å². The number of amides is 3. The number of piperazine rings is 1. The van der Waals surface area contributed by atoms with Gasteiger partial charge < -0.3 is 25.3 Å². The monoisotopic (exact) mass is 571 g/mol. The van der Waals surface area contributed by atoms with Crippen molar-refractivity contribution >= 4 is 52.1 Å². The fourth-order valence-electron chi connectivity index (χ4n) is 5.79. The van der Waals surface area contributed by atoms with Gasteiger partial charge in [-0.05, 0) is 55.2 Å². The summed E-state index contributed by atoms with van der Waals surface area (Å²) in [4.78, 5) is 59.0. The van der Waals surface area contributed by atoms with E-state index in [0.717, 1.165) is 31.9 Å². The highest BCUT2D eigenvalue weighted by Gasteiger charge is 2.52. The number of nitrogens with zero attached hydrogens (tertiary/aromatic N) is 3. The lowest BCUT2D eigenvalue weighted by atomic mass is 10.0. The average molecular weight is 572 g/mol. The van der Waals surface area contributed by atoms with Crippen LogP contribution in [0.25, 0.3) is 0 Å². The third kappa shape index (κ3) is 5.83. The van der Waals surface area contributed by atoms with Gasteiger partial charge in [0.05, 0.1) is 21.8 Å². The third-order valence-corrected chi connectivity index (χ3v) is 8.89. The van der Waals surface area contributed by atoms with Crippen LogP contribution >= 0.6 is 22.9 Å². The molecular weight excluding hydrogens is 538 g/mol. The lowest BCUT2D eigenvalue weighted by Crippen LogP contribution is -2.53. The van der Waals surface area contributed by atoms with Crippen molar-refractivity contribution in [3.8, 4) is 0 Å². The molecule has 9 nitrogen and oxygen atoms in total. The predicted octanol–water partition coefficient (Wildman–Crippen LogP) is 2.65. The summed E-state index contributed by atoms with van der Waals surface area (Å²) in [5.41, 5.74) is 1.55. The van der Waals surface area contributed by atoms with Gasteiger partial charge in [0.15, 0.2) is 5.78 Å². The second-order valence-electron chi connectivity index (χ2n) is 10.8. The number of carbonyl (C=O) groups is 4. The molecule has 4 heterocycles. The molecule has 0 bridgehead atoms. The van der Waals surface area contributed by atoms with E-state index in [4.69, 9.17) is 11.6 Å². The number of anilines is 1. The Morgan fingerprint density at radius 2 is 1.77 bits per heavy atom. The number of halogens is 1. The SMILES string of the molecule is CC(C)CC(NC(=O)c1ccc(N2CCNCC2)cc1)C(=O)N1CCC2C1C(=O)CN2C(=O)c1ccc(Cl)s1. The molecule has 0 radical (unpaired) electrons. The maximum atomic E-state index is 13.8. The molecule has 2 aromatic rings. The molecule has 0 aliphatic carbocycles. The van der Waals surface area contributed by atoms with Crippen molar-refractivity contribution in [3.63, 3.8) is 0 Å². The molecule has 3 aliphatic heterocycles. The number of hydrogen-bond donors (Lipinski definition) is 2. The number of nitrogens with one attached hydrogen (secondary N) is 2. The van der Waals surface area contributed by atoms with Gasteiger partial charge >= 0.3 is 0 Å². The van der Waals surface area contributed by atoms with E-state index in [1.165, 1.54) is 11.3 Å². The first-order valence-corrected chi connectivity index (χ1v) is 14.7. The summed E-state index contributed by atoms with van der Waals surface area (Å²) in [6, 6.07) is 8.95. The molecule has 3 atom stereocenters. The molecule has 5 rings (SSSR count). The molecule has 3 unspecified atom stereocenters. The zero-order chi connectivity index (χ0) is 27.7. The first kappa shape index (κ1) is 27.6. The van der Waals surface area contributed by atoms with Crippen LogP contribution in [0, 0.1) is 5.92 Å². The standard InChI is InChI=1S/C28H34ClN5O4S/c1-17(2)15-20(31-26(36)18-3-5-19(6-4-18)32-13-10-30-11-14-32)27(37)33-12-9-21-25(33)22(35)16-34(21)28(38)23-7-8-24(29)39-23/h3-8,17,20-21,25,30H,9-16H2,1-2H3,(H,31,36). The summed E-state index contributed by atoms with van der Waals surface area (Å²) in [5.74, 6) is -0.837. The van der Waals surface area contributed by atoms with E-state index in [0.29, 0.717) is 34.2 Å². The zero-order valence-electron chi connectivity index (χ0n) is 22.2. The first-order chi connectivity index (χ1) is 18.7. The average Bonchev–Trinajstić information content (AvgIpc) is 3.65. The number of carbonyl (C=O) groups excluding carboxylic acids is 4. The second-order valence-corrected chi connectivity index (χ2v) is 12.5. The summed E-state index contributed by atoms with van der Waals surface area (Å²) in [6.07, 6.45) is 0.963. The molecule has 0 spiro atoms. The molecule has 11 heteroatoms. The Morgan fingerprint density at radius 3 is 2.41 bits per heavy atom. The van der Waals surface area contributed by atoms with E-state index in [1.54, 1.807) is 34.1 Å². The molecule has 1 aromatic heterocycles. The van der Waals surface area contributed by atoms with Crippen LogP contribution in [0.2, 0.25) is 4.34 Å². The number of ketones is 1. The van der Waals surface area contributed by atoms with Gasteiger partial charge in [-0.25, -0.2) is 0 Å². The Kier molecular flexibility index (Phi) is 8.25. The molecule has 3 amide bonds. The summed E-state index contributed by atoms with van der Waals surface area (Å²) in [7, 11) is 0. The van der Waals surface area contributed by atoms with E-state index in [1.807, 2.05) is 26.0 Å². The van der Waals surface area contributed by atoms with Crippen molar-refractivity contribution in [2.75, 3.05) is 44.2 Å². The van der Waals surface area contributed by atoms with Gasteiger partial charge in [0.1, 0.15) is 12.1 Å². The highest BCUT2D eigenvalue weighted by molar-refractivity contribution is 7.18. The zero-order valence-corrected chi connectivity index (χ0v) is 23.8. The van der Waals surface area contributed by atoms with Crippen LogP contribution in [0.4, 0.5) is 5.69 Å². The lowest BCUT2D eigenvalue weighted by Gasteiger charge is -2.30. The van der Waals surface area contributed by atoms with E-state index in [-0.39, 0.29) is 42.0 Å². The van der Waals surface area contributed by atoms with Gasteiger partial charge in [-0.3, -0.25) is 19.2 Å². The number of likely N-dealkylation sites (tertiary alicyclic amines) is 2. The Balaban J connectivity index is 1.28. The Hall–Kier alpha value is -2.95. The van der Waals surface area contributed by atoms with Crippen molar-refractivity contribution in [2.24, 2.45) is 5.92 Å². The topological polar surface area (TPSA) is 102 Å². The number of thiophene rings is 1. The third-order valence-electron chi connectivity index (χ3n) is 7.67. The molecule has 3 aliphatic rings. The predicted molar refractivity (Wildman–Crippen MR) is 152 cm³/mol. The van der Waals surface area contributed by atoms with Gasteiger partial charge in [-0.15, -0.1) is 11.3 Å². The minimum absolute atomic E-state index is 0.0336. The molecule has 2 N–H and O–H groups in total. The van der Waals surface area contributed by atoms with Crippen molar-refractivity contribution in [3.05, 3.63) is 51.2 Å². The molecule has 0 saturated carbocycles. The molecular formula is C28H34ClN5O4S. The van der Waals surface area contributed by atoms with E-state index < -0.39 is 12.1 Å². The van der Waals surface area contributed by atoms with Crippen LogP contribution < -0.4 is 15.5 Å². The minimum atomic E-state index is -0.766. The number of fused-ring (bicyclic) bond motifs is 1. The Bertz CT molecular complexity index is 1240.